The van der Waals surface area contributed by atoms with E-state index in [1.54, 1.807) is 4.57 Å². The first-order valence-corrected chi connectivity index (χ1v) is 38.7. The van der Waals surface area contributed by atoms with E-state index in [4.69, 9.17) is 4.42 Å². The quantitative estimate of drug-likeness (QED) is 0.142. The lowest BCUT2D eigenvalue weighted by Crippen LogP contribution is -2.61. The summed E-state index contributed by atoms with van der Waals surface area (Å²) in [6.07, 6.45) is 0. The van der Waals surface area contributed by atoms with E-state index in [-0.39, 0.29) is 48.9 Å². The monoisotopic (exact) mass is 1430 g/mol. The largest absolute Gasteiger partial charge is 0.456 e. The van der Waals surface area contributed by atoms with Crippen LogP contribution in [0.15, 0.2) is 295 Å². The van der Waals surface area contributed by atoms with Crippen molar-refractivity contribution in [1.29, 1.82) is 0 Å². The Kier molecular flexibility index (Phi) is 13.6. The van der Waals surface area contributed by atoms with E-state index in [1.165, 1.54) is 22.3 Å². The van der Waals surface area contributed by atoms with E-state index in [2.05, 4.69) is 343 Å². The van der Waals surface area contributed by atoms with Gasteiger partial charge in [-0.25, -0.2) is 0 Å². The number of hydrogen-bond acceptors (Lipinski definition) is 3. The van der Waals surface area contributed by atoms with Crippen molar-refractivity contribution in [3.05, 3.63) is 319 Å². The molecule has 19 rings (SSSR count). The molecule has 5 nitrogen and oxygen atoms in total. The number of hydrogen-bond donors (Lipinski definition) is 0. The van der Waals surface area contributed by atoms with E-state index < -0.39 is 55.1 Å². The Morgan fingerprint density at radius 1 is 0.291 bits per heavy atom. The van der Waals surface area contributed by atoms with E-state index in [0.29, 0.717) is 22.5 Å². The smallest absolute Gasteiger partial charge is 0.252 e. The molecule has 110 heavy (non-hydrogen) atoms. The van der Waals surface area contributed by atoms with Crippen molar-refractivity contribution in [1.82, 2.24) is 9.13 Å². The molecule has 0 N–H and O–H groups in total. The molecule has 2 aliphatic rings. The van der Waals surface area contributed by atoms with Crippen LogP contribution in [-0.2, 0) is 27.1 Å². The van der Waals surface area contributed by atoms with Crippen LogP contribution in [0.1, 0.15) is 143 Å². The van der Waals surface area contributed by atoms with Crippen LogP contribution >= 0.6 is 0 Å². The molecule has 17 aromatic rings. The van der Waals surface area contributed by atoms with Crippen LogP contribution in [0.25, 0.3) is 121 Å². The predicted octanol–water partition coefficient (Wildman–Crippen LogP) is 27.0. The Labute approximate surface area is 659 Å². The van der Waals surface area contributed by atoms with Crippen molar-refractivity contribution < 1.29 is 15.4 Å². The molecule has 6 heteroatoms. The molecule has 0 saturated carbocycles. The van der Waals surface area contributed by atoms with Gasteiger partial charge in [0.1, 0.15) is 11.2 Å². The minimum Gasteiger partial charge on any atom is -0.456 e. The number of benzene rings is 14. The molecule has 0 bridgehead atoms. The topological polar surface area (TPSA) is 29.5 Å². The summed E-state index contributed by atoms with van der Waals surface area (Å²) in [5.74, 6) is 0. The molecular formula is C104H93BN4O. The van der Waals surface area contributed by atoms with Gasteiger partial charge in [-0.15, -0.1) is 0 Å². The summed E-state index contributed by atoms with van der Waals surface area (Å²) in [5, 5.41) is 3.99. The highest BCUT2D eigenvalue weighted by Crippen LogP contribution is 2.56. The van der Waals surface area contributed by atoms with Gasteiger partial charge in [-0.3, -0.25) is 0 Å². The lowest BCUT2D eigenvalue weighted by molar-refractivity contribution is 0.569. The molecule has 0 saturated heterocycles. The molecule has 0 atom stereocenters. The maximum Gasteiger partial charge on any atom is 0.252 e. The van der Waals surface area contributed by atoms with E-state index in [1.807, 2.05) is 18.2 Å². The van der Waals surface area contributed by atoms with Crippen molar-refractivity contribution in [3.8, 4) is 55.9 Å². The van der Waals surface area contributed by atoms with Gasteiger partial charge in [-0.1, -0.05) is 298 Å². The maximum absolute atomic E-state index is 10.3. The van der Waals surface area contributed by atoms with E-state index >= 15 is 0 Å². The van der Waals surface area contributed by atoms with Gasteiger partial charge in [-0.2, -0.15) is 0 Å². The number of nitrogens with zero attached hydrogens (tertiary/aromatic N) is 4. The molecule has 14 aromatic carbocycles. The van der Waals surface area contributed by atoms with Crippen LogP contribution in [0.2, 0.25) is 0 Å². The van der Waals surface area contributed by atoms with Crippen LogP contribution in [0.4, 0.5) is 34.1 Å². The Morgan fingerprint density at radius 3 is 1.26 bits per heavy atom. The van der Waals surface area contributed by atoms with Crippen LogP contribution in [0.3, 0.4) is 0 Å². The zero-order chi connectivity index (χ0) is 82.8. The number of rotatable bonds is 8. The minimum atomic E-state index is -0.560. The predicted molar refractivity (Wildman–Crippen MR) is 472 cm³/mol. The van der Waals surface area contributed by atoms with Gasteiger partial charge in [0.2, 0.25) is 0 Å². The van der Waals surface area contributed by atoms with Crippen LogP contribution < -0.4 is 26.2 Å². The maximum atomic E-state index is 10.3. The number of para-hydroxylation sites is 3. The van der Waals surface area contributed by atoms with Crippen molar-refractivity contribution in [2.75, 3.05) is 9.80 Å². The third kappa shape index (κ3) is 11.1. The molecule has 0 unspecified atom stereocenters. The highest BCUT2D eigenvalue weighted by Gasteiger charge is 2.47. The molecule has 0 aliphatic carbocycles. The van der Waals surface area contributed by atoms with Gasteiger partial charge in [0.15, 0.2) is 0 Å². The molecule has 538 valence electrons. The normalized spacial score (nSPS) is 14.4. The third-order valence-corrected chi connectivity index (χ3v) is 23.3. The van der Waals surface area contributed by atoms with Gasteiger partial charge in [0.05, 0.1) is 55.5 Å². The second-order valence-electron chi connectivity index (χ2n) is 35.6. The molecule has 3 aromatic heterocycles. The fraction of sp³-hybridized carbons (Fsp3) is 0.192. The second-order valence-corrected chi connectivity index (χ2v) is 35.6. The van der Waals surface area contributed by atoms with Crippen molar-refractivity contribution >= 4 is 123 Å². The van der Waals surface area contributed by atoms with Gasteiger partial charge < -0.3 is 23.4 Å². The number of aromatic nitrogens is 2. The highest BCUT2D eigenvalue weighted by molar-refractivity contribution is 7.00. The minimum absolute atomic E-state index is 0.00755. The molecular weight excluding hydrogens is 1330 g/mol. The summed E-state index contributed by atoms with van der Waals surface area (Å²) in [6, 6.07) is 84.8. The summed E-state index contributed by atoms with van der Waals surface area (Å²) >= 11 is 0. The first-order valence-electron chi connectivity index (χ1n) is 42.7. The fourth-order valence-corrected chi connectivity index (χ4v) is 17.3. The first kappa shape index (κ1) is 60.1. The lowest BCUT2D eigenvalue weighted by atomic mass is 9.33. The average molecular weight is 1430 g/mol. The molecule has 0 radical (unpaired) electrons. The summed E-state index contributed by atoms with van der Waals surface area (Å²) in [7, 11) is 0. The van der Waals surface area contributed by atoms with E-state index in [9.17, 15) is 11.0 Å². The molecule has 5 heterocycles. The van der Waals surface area contributed by atoms with Crippen molar-refractivity contribution in [3.63, 3.8) is 0 Å². The SMILES string of the molecule is [2H]c1c([2H])c([2H])c2c(c1[2H])c1c([2H])c([2H])c([2H])c([2H])c1n2-c1cc2c3c(c1)N(c1c(-c4ccccc4)ccc4oc5ccccc5c14)c1cc(-n4c5ccc(C(C)(C)C)cc5c5cc(C(C)(C)C)ccc54)ccc1B3c1ccc(-c3cc(C(C)(C)C)cc(C(C)(C)C)c3)cc1N2c1c(-c2ccccc2)cc(C(C)(C)C)cc1-c1ccccc1. The van der Waals surface area contributed by atoms with Gasteiger partial charge >= 0.3 is 0 Å². The lowest BCUT2D eigenvalue weighted by Gasteiger charge is -2.46. The molecule has 0 amide bonds. The Balaban J connectivity index is 1.06. The van der Waals surface area contributed by atoms with E-state index in [0.717, 1.165) is 133 Å². The summed E-state index contributed by atoms with van der Waals surface area (Å²) in [4.78, 5) is 4.92. The third-order valence-electron chi connectivity index (χ3n) is 23.3. The molecule has 0 spiro atoms. The van der Waals surface area contributed by atoms with Gasteiger partial charge in [0.25, 0.3) is 6.71 Å². The second kappa shape index (κ2) is 24.8. The van der Waals surface area contributed by atoms with Crippen LogP contribution in [0.5, 0.6) is 0 Å². The standard InChI is InChI=1S/C104H93BN4O/c1-100(2,3)69-44-50-88-82(57-69)83-58-70(101(4,5)6)45-51-89(83)106(88)74-46-49-85-91(61-74)109(99-76(64-31-19-16-20-32-64)47-52-95-96(99)79-39-27-30-42-94(79)110-95)93-63-75(107-86-40-28-25-37-77(86)78-38-26-29-41-87(78)107)62-92-97(93)105(85)84-48-43-67(68-53-71(102(7,8)9)56-72(54-68)103(10,11)12)55-90(84)108(92)98-80(65-33-21-17-22-34-65)59-73(104(13,14)15)60-81(98)66-35-23-18-24-36-66/h16-63H,1-15H3/i25D,26D,28D,29D,37D,38D,40D,41D. The molecule has 2 aliphatic heterocycles. The van der Waals surface area contributed by atoms with Crippen molar-refractivity contribution in [2.24, 2.45) is 0 Å². The number of fused-ring (bicyclic) bond motifs is 13. The Bertz CT molecular complexity index is 6880. The number of anilines is 6. The number of furan rings is 1. The Hall–Kier alpha value is -11.9. The fourth-order valence-electron chi connectivity index (χ4n) is 17.3. The Morgan fingerprint density at radius 2 is 0.736 bits per heavy atom. The van der Waals surface area contributed by atoms with Crippen molar-refractivity contribution in [2.45, 2.75) is 131 Å². The van der Waals surface area contributed by atoms with Crippen LogP contribution in [0, 0.1) is 0 Å². The van der Waals surface area contributed by atoms with Crippen LogP contribution in [-0.4, -0.2) is 15.8 Å². The summed E-state index contributed by atoms with van der Waals surface area (Å²) in [5.41, 5.74) is 25.2. The highest BCUT2D eigenvalue weighted by atomic mass is 16.3. The first-order chi connectivity index (χ1) is 56.0. The summed E-state index contributed by atoms with van der Waals surface area (Å²) < 4.78 is 89.8. The average Bonchev–Trinajstić information content (AvgIpc) is 1.09. The summed E-state index contributed by atoms with van der Waals surface area (Å²) in [6.45, 7) is 33.6. The zero-order valence-electron chi connectivity index (χ0n) is 73.4. The zero-order valence-corrected chi connectivity index (χ0v) is 65.4. The molecule has 0 fully saturated rings. The van der Waals surface area contributed by atoms with Gasteiger partial charge in [0, 0.05) is 72.1 Å². The van der Waals surface area contributed by atoms with Gasteiger partial charge in [-0.05, 0) is 196 Å².